The molecule has 0 aliphatic rings. The monoisotopic (exact) mass is 378 g/mol. The molecular formula is C14H10ClF3N2O5. The number of benzene rings is 1. The number of halogens is 4. The highest BCUT2D eigenvalue weighted by Gasteiger charge is 2.28. The van der Waals surface area contributed by atoms with Crippen LogP contribution >= 0.6 is 11.6 Å². The molecule has 0 spiro atoms. The van der Waals surface area contributed by atoms with Gasteiger partial charge in [-0.25, -0.2) is 9.59 Å². The normalized spacial score (nSPS) is 11.2. The summed E-state index contributed by atoms with van der Waals surface area (Å²) in [5, 5.41) is 3.97. The van der Waals surface area contributed by atoms with E-state index in [1.807, 2.05) is 0 Å². The van der Waals surface area contributed by atoms with Gasteiger partial charge in [-0.1, -0.05) is 11.6 Å². The van der Waals surface area contributed by atoms with Crippen molar-refractivity contribution in [2.75, 3.05) is 13.2 Å². The van der Waals surface area contributed by atoms with E-state index in [4.69, 9.17) is 16.0 Å². The Labute approximate surface area is 143 Å². The molecule has 2 rings (SSSR count). The molecule has 3 amide bonds. The molecule has 0 atom stereocenters. The molecule has 0 aliphatic heterocycles. The number of urea groups is 1. The van der Waals surface area contributed by atoms with Gasteiger partial charge < -0.3 is 14.5 Å². The Morgan fingerprint density at radius 3 is 2.60 bits per heavy atom. The molecular weight excluding hydrogens is 369 g/mol. The number of carbonyl (C=O) groups is 3. The molecule has 25 heavy (non-hydrogen) atoms. The summed E-state index contributed by atoms with van der Waals surface area (Å²) in [7, 11) is 0. The first-order valence-electron chi connectivity index (χ1n) is 6.65. The zero-order valence-corrected chi connectivity index (χ0v) is 13.0. The van der Waals surface area contributed by atoms with Crippen molar-refractivity contribution in [1.29, 1.82) is 0 Å². The van der Waals surface area contributed by atoms with E-state index in [0.717, 1.165) is 0 Å². The first kappa shape index (κ1) is 18.6. The van der Waals surface area contributed by atoms with Crippen molar-refractivity contribution in [2.24, 2.45) is 0 Å². The van der Waals surface area contributed by atoms with Crippen LogP contribution in [0.4, 0.5) is 18.0 Å². The van der Waals surface area contributed by atoms with Crippen molar-refractivity contribution >= 4 is 40.5 Å². The van der Waals surface area contributed by atoms with Crippen molar-refractivity contribution < 1.29 is 36.7 Å². The summed E-state index contributed by atoms with van der Waals surface area (Å²) >= 11 is 5.79. The van der Waals surface area contributed by atoms with Gasteiger partial charge >= 0.3 is 18.2 Å². The number of hydrogen-bond donors (Lipinski definition) is 2. The van der Waals surface area contributed by atoms with Gasteiger partial charge in [0.2, 0.25) is 5.76 Å². The average Bonchev–Trinajstić information content (AvgIpc) is 2.93. The van der Waals surface area contributed by atoms with E-state index < -0.39 is 37.2 Å². The number of nitrogens with one attached hydrogen (secondary N) is 2. The highest BCUT2D eigenvalue weighted by atomic mass is 35.5. The molecule has 0 saturated heterocycles. The second kappa shape index (κ2) is 7.43. The molecule has 0 aliphatic carbocycles. The summed E-state index contributed by atoms with van der Waals surface area (Å²) in [4.78, 5) is 34.2. The highest BCUT2D eigenvalue weighted by molar-refractivity contribution is 6.31. The molecule has 134 valence electrons. The van der Waals surface area contributed by atoms with Crippen molar-refractivity contribution in [2.45, 2.75) is 6.18 Å². The summed E-state index contributed by atoms with van der Waals surface area (Å²) in [6.07, 6.45) is -4.61. The predicted octanol–water partition coefficient (Wildman–Crippen LogP) is 2.63. The van der Waals surface area contributed by atoms with Gasteiger partial charge in [0.1, 0.15) is 12.1 Å². The summed E-state index contributed by atoms with van der Waals surface area (Å²) in [6, 6.07) is 4.62. The van der Waals surface area contributed by atoms with Gasteiger partial charge in [0.15, 0.2) is 6.61 Å². The van der Waals surface area contributed by atoms with Crippen LogP contribution in [0.1, 0.15) is 10.6 Å². The number of fused-ring (bicyclic) bond motifs is 1. The second-order valence-electron chi connectivity index (χ2n) is 4.71. The van der Waals surface area contributed by atoms with Crippen LogP contribution in [0.3, 0.4) is 0 Å². The standard InChI is InChI=1S/C14H10ClF3N2O5/c15-8-1-2-9-7(3-8)4-10(25-9)12(22)24-5-11(21)20-13(23)19-6-14(16,17)18/h1-4H,5-6H2,(H2,19,20,21,23). The topological polar surface area (TPSA) is 97.6 Å². The third kappa shape index (κ3) is 5.68. The third-order valence-electron chi connectivity index (χ3n) is 2.72. The number of esters is 1. The van der Waals surface area contributed by atoms with Gasteiger partial charge in [-0.05, 0) is 24.3 Å². The Morgan fingerprint density at radius 2 is 1.92 bits per heavy atom. The third-order valence-corrected chi connectivity index (χ3v) is 2.95. The number of furan rings is 1. The second-order valence-corrected chi connectivity index (χ2v) is 5.15. The van der Waals surface area contributed by atoms with Gasteiger partial charge in [-0.2, -0.15) is 13.2 Å². The fraction of sp³-hybridized carbons (Fsp3) is 0.214. The highest BCUT2D eigenvalue weighted by Crippen LogP contribution is 2.23. The van der Waals surface area contributed by atoms with Crippen molar-refractivity contribution in [3.8, 4) is 0 Å². The number of carbonyl (C=O) groups excluding carboxylic acids is 3. The lowest BCUT2D eigenvalue weighted by atomic mass is 10.2. The maximum atomic E-state index is 11.9. The Bertz CT molecular complexity index is 818. The Morgan fingerprint density at radius 1 is 1.20 bits per heavy atom. The van der Waals surface area contributed by atoms with E-state index in [1.165, 1.54) is 17.4 Å². The van der Waals surface area contributed by atoms with E-state index in [2.05, 4.69) is 4.74 Å². The van der Waals surface area contributed by atoms with Crippen molar-refractivity contribution in [3.63, 3.8) is 0 Å². The van der Waals surface area contributed by atoms with E-state index in [1.54, 1.807) is 17.4 Å². The fourth-order valence-corrected chi connectivity index (χ4v) is 1.88. The molecule has 7 nitrogen and oxygen atoms in total. The lowest BCUT2D eigenvalue weighted by Crippen LogP contribution is -2.44. The van der Waals surface area contributed by atoms with Gasteiger partial charge in [-0.15, -0.1) is 0 Å². The van der Waals surface area contributed by atoms with Crippen LogP contribution in [0, 0.1) is 0 Å². The summed E-state index contributed by atoms with van der Waals surface area (Å²) in [5.41, 5.74) is 0.368. The van der Waals surface area contributed by atoms with Crippen LogP contribution in [-0.4, -0.2) is 37.2 Å². The van der Waals surface area contributed by atoms with Gasteiger partial charge in [0.05, 0.1) is 0 Å². The minimum absolute atomic E-state index is 0.202. The summed E-state index contributed by atoms with van der Waals surface area (Å²) in [6.45, 7) is -2.48. The van der Waals surface area contributed by atoms with Gasteiger partial charge in [0, 0.05) is 10.4 Å². The quantitative estimate of drug-likeness (QED) is 0.797. The minimum atomic E-state index is -4.61. The SMILES string of the molecule is O=C(COC(=O)c1cc2cc(Cl)ccc2o1)NC(=O)NCC(F)(F)F. The Hall–Kier alpha value is -2.75. The number of imide groups is 1. The molecule has 0 radical (unpaired) electrons. The smallest absolute Gasteiger partial charge is 0.405 e. The van der Waals surface area contributed by atoms with Gasteiger partial charge in [0.25, 0.3) is 5.91 Å². The zero-order chi connectivity index (χ0) is 18.6. The van der Waals surface area contributed by atoms with Crippen LogP contribution in [0.25, 0.3) is 11.0 Å². The fourth-order valence-electron chi connectivity index (χ4n) is 1.70. The molecule has 0 bridgehead atoms. The van der Waals surface area contributed by atoms with Crippen LogP contribution < -0.4 is 10.6 Å². The van der Waals surface area contributed by atoms with Crippen molar-refractivity contribution in [3.05, 3.63) is 35.0 Å². The summed E-state index contributed by atoms with van der Waals surface area (Å²) < 4.78 is 45.5. The molecule has 1 aromatic carbocycles. The van der Waals surface area contributed by atoms with E-state index in [0.29, 0.717) is 16.0 Å². The predicted molar refractivity (Wildman–Crippen MR) is 79.1 cm³/mol. The van der Waals surface area contributed by atoms with Crippen LogP contribution in [-0.2, 0) is 9.53 Å². The largest absolute Gasteiger partial charge is 0.450 e. The molecule has 0 fully saturated rings. The summed E-state index contributed by atoms with van der Waals surface area (Å²) in [5.74, 6) is -2.29. The van der Waals surface area contributed by atoms with Crippen molar-refractivity contribution in [1.82, 2.24) is 10.6 Å². The lowest BCUT2D eigenvalue weighted by Gasteiger charge is -2.09. The maximum Gasteiger partial charge on any atom is 0.405 e. The molecule has 11 heteroatoms. The number of ether oxygens (including phenoxy) is 1. The van der Waals surface area contributed by atoms with Crippen LogP contribution in [0.15, 0.2) is 28.7 Å². The lowest BCUT2D eigenvalue weighted by molar-refractivity contribution is -0.125. The molecule has 0 saturated carbocycles. The minimum Gasteiger partial charge on any atom is -0.450 e. The first-order valence-corrected chi connectivity index (χ1v) is 7.02. The van der Waals surface area contributed by atoms with E-state index >= 15 is 0 Å². The Balaban J connectivity index is 1.84. The maximum absolute atomic E-state index is 11.9. The molecule has 0 unspecified atom stereocenters. The molecule has 1 aromatic heterocycles. The molecule has 1 heterocycles. The number of hydrogen-bond acceptors (Lipinski definition) is 5. The number of amides is 3. The average molecular weight is 379 g/mol. The van der Waals surface area contributed by atoms with Crippen LogP contribution in [0.5, 0.6) is 0 Å². The van der Waals surface area contributed by atoms with E-state index in [9.17, 15) is 27.6 Å². The van der Waals surface area contributed by atoms with Crippen LogP contribution in [0.2, 0.25) is 5.02 Å². The first-order chi connectivity index (χ1) is 11.6. The Kier molecular flexibility index (Phi) is 5.52. The zero-order valence-electron chi connectivity index (χ0n) is 12.3. The number of alkyl halides is 3. The van der Waals surface area contributed by atoms with Gasteiger partial charge in [-0.3, -0.25) is 10.1 Å². The molecule has 2 aromatic rings. The van der Waals surface area contributed by atoms with E-state index in [-0.39, 0.29) is 5.76 Å². The molecule has 2 N–H and O–H groups in total. The number of rotatable bonds is 4.